The molecule has 0 radical (unpaired) electrons. The molecule has 2 rings (SSSR count). The van der Waals surface area contributed by atoms with Crippen molar-refractivity contribution in [3.63, 3.8) is 0 Å². The highest BCUT2D eigenvalue weighted by Crippen LogP contribution is 2.21. The molecule has 0 heterocycles. The van der Waals surface area contributed by atoms with Crippen molar-refractivity contribution in [3.8, 4) is 5.75 Å². The summed E-state index contributed by atoms with van der Waals surface area (Å²) in [6.07, 6.45) is 0.182. The number of rotatable bonds is 5. The molecule has 110 valence electrons. The number of carbonyl (C=O) groups is 1. The van der Waals surface area contributed by atoms with E-state index in [1.54, 1.807) is 12.1 Å². The van der Waals surface area contributed by atoms with Gasteiger partial charge in [0.2, 0.25) is 5.91 Å². The van der Waals surface area contributed by atoms with Crippen molar-refractivity contribution in [1.29, 1.82) is 0 Å². The Balaban J connectivity index is 1.84. The molecule has 0 unspecified atom stereocenters. The normalized spacial score (nSPS) is 10.2. The van der Waals surface area contributed by atoms with Crippen LogP contribution >= 0.6 is 22.6 Å². The number of para-hydroxylation sites is 2. The van der Waals surface area contributed by atoms with Gasteiger partial charge in [-0.05, 0) is 52.9 Å². The summed E-state index contributed by atoms with van der Waals surface area (Å²) in [6.45, 7) is 0.220. The largest absolute Gasteiger partial charge is 0.491 e. The number of nitrogen functional groups attached to an aromatic ring is 1. The van der Waals surface area contributed by atoms with Gasteiger partial charge in [-0.25, -0.2) is 4.39 Å². The van der Waals surface area contributed by atoms with Gasteiger partial charge >= 0.3 is 0 Å². The van der Waals surface area contributed by atoms with E-state index in [0.29, 0.717) is 20.7 Å². The van der Waals surface area contributed by atoms with E-state index in [1.165, 1.54) is 18.2 Å². The Labute approximate surface area is 135 Å². The molecule has 4 nitrogen and oxygen atoms in total. The van der Waals surface area contributed by atoms with Crippen molar-refractivity contribution in [2.24, 2.45) is 0 Å². The van der Waals surface area contributed by atoms with Crippen LogP contribution in [0.1, 0.15) is 6.42 Å². The van der Waals surface area contributed by atoms with Gasteiger partial charge in [-0.1, -0.05) is 12.1 Å². The summed E-state index contributed by atoms with van der Waals surface area (Å²) in [7, 11) is 0. The van der Waals surface area contributed by atoms with Gasteiger partial charge in [-0.15, -0.1) is 0 Å². The molecule has 0 atom stereocenters. The molecule has 0 spiro atoms. The Hall–Kier alpha value is -1.83. The Morgan fingerprint density at radius 2 is 2.05 bits per heavy atom. The highest BCUT2D eigenvalue weighted by molar-refractivity contribution is 14.1. The van der Waals surface area contributed by atoms with Gasteiger partial charge in [0.1, 0.15) is 11.6 Å². The van der Waals surface area contributed by atoms with Gasteiger partial charge in [0.25, 0.3) is 0 Å². The fourth-order valence-electron chi connectivity index (χ4n) is 1.67. The van der Waals surface area contributed by atoms with E-state index in [1.807, 2.05) is 34.7 Å². The number of carbonyl (C=O) groups excluding carboxylic acids is 1. The first-order valence-electron chi connectivity index (χ1n) is 6.28. The van der Waals surface area contributed by atoms with Crippen LogP contribution in [0.3, 0.4) is 0 Å². The molecule has 3 N–H and O–H groups in total. The number of hydrogen-bond acceptors (Lipinski definition) is 3. The molecule has 21 heavy (non-hydrogen) atoms. The molecule has 0 saturated heterocycles. The first kappa shape index (κ1) is 15.6. The first-order chi connectivity index (χ1) is 10.1. The lowest BCUT2D eigenvalue weighted by molar-refractivity contribution is -0.116. The second kappa shape index (κ2) is 7.26. The number of amides is 1. The average Bonchev–Trinajstić information content (AvgIpc) is 2.44. The van der Waals surface area contributed by atoms with E-state index >= 15 is 0 Å². The van der Waals surface area contributed by atoms with Gasteiger partial charge < -0.3 is 15.8 Å². The molecule has 0 fully saturated rings. The van der Waals surface area contributed by atoms with Gasteiger partial charge in [-0.2, -0.15) is 0 Å². The monoisotopic (exact) mass is 400 g/mol. The van der Waals surface area contributed by atoms with Crippen molar-refractivity contribution in [2.45, 2.75) is 6.42 Å². The Morgan fingerprint density at radius 3 is 2.76 bits per heavy atom. The molecular weight excluding hydrogens is 386 g/mol. The Bertz CT molecular complexity index is 649. The molecular formula is C15H14FIN2O2. The fourth-order valence-corrected chi connectivity index (χ4v) is 2.28. The topological polar surface area (TPSA) is 64.3 Å². The minimum absolute atomic E-state index is 0.182. The molecule has 0 aliphatic heterocycles. The van der Waals surface area contributed by atoms with Crippen LogP contribution in [-0.4, -0.2) is 12.5 Å². The van der Waals surface area contributed by atoms with Crippen molar-refractivity contribution in [1.82, 2.24) is 0 Å². The van der Waals surface area contributed by atoms with Crippen LogP contribution in [0.5, 0.6) is 5.75 Å². The summed E-state index contributed by atoms with van der Waals surface area (Å²) in [5.74, 6) is 0.0241. The van der Waals surface area contributed by atoms with E-state index in [4.69, 9.17) is 10.5 Å². The molecule has 2 aromatic carbocycles. The van der Waals surface area contributed by atoms with E-state index < -0.39 is 0 Å². The second-order valence-electron chi connectivity index (χ2n) is 4.31. The molecule has 0 aliphatic carbocycles. The summed E-state index contributed by atoms with van der Waals surface area (Å²) in [6, 6.07) is 11.3. The van der Waals surface area contributed by atoms with Crippen molar-refractivity contribution < 1.29 is 13.9 Å². The number of anilines is 2. The van der Waals surface area contributed by atoms with Crippen LogP contribution < -0.4 is 15.8 Å². The van der Waals surface area contributed by atoms with Gasteiger partial charge in [0.05, 0.1) is 24.4 Å². The predicted octanol–water partition coefficient (Wildman–Crippen LogP) is 3.42. The van der Waals surface area contributed by atoms with Gasteiger partial charge in [-0.3, -0.25) is 4.79 Å². The van der Waals surface area contributed by atoms with Gasteiger partial charge in [0, 0.05) is 3.57 Å². The summed E-state index contributed by atoms with van der Waals surface area (Å²) >= 11 is 1.97. The van der Waals surface area contributed by atoms with E-state index in [9.17, 15) is 9.18 Å². The summed E-state index contributed by atoms with van der Waals surface area (Å²) < 4.78 is 19.1. The Morgan fingerprint density at radius 1 is 1.29 bits per heavy atom. The van der Waals surface area contributed by atoms with Crippen LogP contribution in [0.4, 0.5) is 15.8 Å². The first-order valence-corrected chi connectivity index (χ1v) is 7.36. The third-order valence-corrected chi connectivity index (χ3v) is 3.60. The molecule has 2 aromatic rings. The lowest BCUT2D eigenvalue weighted by Gasteiger charge is -2.10. The zero-order chi connectivity index (χ0) is 15.2. The molecule has 6 heteroatoms. The van der Waals surface area contributed by atoms with E-state index in [2.05, 4.69) is 5.32 Å². The Kier molecular flexibility index (Phi) is 5.38. The molecule has 0 aliphatic rings. The quantitative estimate of drug-likeness (QED) is 0.597. The van der Waals surface area contributed by atoms with Crippen LogP contribution in [0.15, 0.2) is 42.5 Å². The minimum atomic E-state index is -0.333. The average molecular weight is 400 g/mol. The summed E-state index contributed by atoms with van der Waals surface area (Å²) in [5, 5.41) is 2.71. The number of ether oxygens (including phenoxy) is 1. The zero-order valence-corrected chi connectivity index (χ0v) is 13.3. The SMILES string of the molecule is Nc1ccccc1OCCC(=O)Nc1ccc(F)cc1I. The third kappa shape index (κ3) is 4.59. The van der Waals surface area contributed by atoms with Gasteiger partial charge in [0.15, 0.2) is 0 Å². The number of benzene rings is 2. The van der Waals surface area contributed by atoms with E-state index in [0.717, 1.165) is 0 Å². The fraction of sp³-hybridized carbons (Fsp3) is 0.133. The van der Waals surface area contributed by atoms with E-state index in [-0.39, 0.29) is 24.8 Å². The molecule has 1 amide bonds. The van der Waals surface area contributed by atoms with Crippen molar-refractivity contribution in [2.75, 3.05) is 17.7 Å². The highest BCUT2D eigenvalue weighted by atomic mass is 127. The van der Waals surface area contributed by atoms with Crippen LogP contribution in [0.25, 0.3) is 0 Å². The lowest BCUT2D eigenvalue weighted by Crippen LogP contribution is -2.16. The standard InChI is InChI=1S/C15H14FIN2O2/c16-10-5-6-13(11(17)9-10)19-15(20)7-8-21-14-4-2-1-3-12(14)18/h1-6,9H,7-8,18H2,(H,19,20). The molecule has 0 aromatic heterocycles. The molecule has 0 saturated carbocycles. The van der Waals surface area contributed by atoms with Crippen LogP contribution in [0.2, 0.25) is 0 Å². The van der Waals surface area contributed by atoms with Crippen molar-refractivity contribution in [3.05, 3.63) is 51.9 Å². The smallest absolute Gasteiger partial charge is 0.227 e. The summed E-state index contributed by atoms with van der Waals surface area (Å²) in [4.78, 5) is 11.8. The number of halogens is 2. The summed E-state index contributed by atoms with van der Waals surface area (Å²) in [5.41, 5.74) is 6.85. The maximum absolute atomic E-state index is 13.0. The van der Waals surface area contributed by atoms with Crippen molar-refractivity contribution >= 4 is 39.9 Å². The maximum atomic E-state index is 13.0. The minimum Gasteiger partial charge on any atom is -0.491 e. The number of hydrogen-bond donors (Lipinski definition) is 2. The van der Waals surface area contributed by atoms with Crippen LogP contribution in [0, 0.1) is 9.39 Å². The lowest BCUT2D eigenvalue weighted by atomic mass is 10.3. The number of nitrogens with one attached hydrogen (secondary N) is 1. The van der Waals surface area contributed by atoms with Crippen LogP contribution in [-0.2, 0) is 4.79 Å². The molecule has 0 bridgehead atoms. The maximum Gasteiger partial charge on any atom is 0.227 e. The zero-order valence-electron chi connectivity index (χ0n) is 11.1. The third-order valence-electron chi connectivity index (χ3n) is 2.71. The highest BCUT2D eigenvalue weighted by Gasteiger charge is 2.07. The second-order valence-corrected chi connectivity index (χ2v) is 5.47. The number of nitrogens with two attached hydrogens (primary N) is 1. The predicted molar refractivity (Wildman–Crippen MR) is 88.7 cm³/mol.